The molecule has 1 heterocycles. The number of nitrogens with zero attached hydrogens (tertiary/aromatic N) is 1. The molecule has 1 saturated heterocycles. The Labute approximate surface area is 115 Å². The molecular weight excluding hydrogens is 236 g/mol. The van der Waals surface area contributed by atoms with E-state index in [-0.39, 0.29) is 5.91 Å². The molecule has 1 aliphatic heterocycles. The minimum Gasteiger partial charge on any atom is -0.335 e. The molecule has 19 heavy (non-hydrogen) atoms. The minimum absolute atomic E-state index is 0.124. The molecule has 1 aromatic carbocycles. The van der Waals surface area contributed by atoms with E-state index < -0.39 is 0 Å². The fraction of sp³-hybridized carbons (Fsp3) is 0.438. The molecule has 0 radical (unpaired) electrons. The molecule has 1 atom stereocenters. The maximum absolute atomic E-state index is 12.3. The van der Waals surface area contributed by atoms with Gasteiger partial charge in [-0.1, -0.05) is 37.3 Å². The summed E-state index contributed by atoms with van der Waals surface area (Å²) in [5.41, 5.74) is 1.07. The topological polar surface area (TPSA) is 32.3 Å². The minimum atomic E-state index is 0.124. The second-order valence-corrected chi connectivity index (χ2v) is 4.92. The van der Waals surface area contributed by atoms with Crippen LogP contribution in [-0.2, 0) is 4.79 Å². The number of rotatable bonds is 5. The number of benzene rings is 1. The highest BCUT2D eigenvalue weighted by Gasteiger charge is 2.24. The molecule has 1 aliphatic rings. The second kappa shape index (κ2) is 7.10. The smallest absolute Gasteiger partial charge is 0.246 e. The lowest BCUT2D eigenvalue weighted by Gasteiger charge is -2.27. The van der Waals surface area contributed by atoms with Crippen molar-refractivity contribution in [3.05, 3.63) is 42.0 Å². The molecule has 0 aliphatic carbocycles. The van der Waals surface area contributed by atoms with E-state index in [1.807, 2.05) is 41.3 Å². The van der Waals surface area contributed by atoms with Crippen LogP contribution in [0.2, 0.25) is 0 Å². The SMILES string of the molecule is CCCN(C(=O)/C=C/c1ccccc1)C1CCNC1. The van der Waals surface area contributed by atoms with Crippen molar-refractivity contribution >= 4 is 12.0 Å². The van der Waals surface area contributed by atoms with Crippen LogP contribution in [0.5, 0.6) is 0 Å². The molecule has 102 valence electrons. The summed E-state index contributed by atoms with van der Waals surface area (Å²) in [7, 11) is 0. The van der Waals surface area contributed by atoms with Crippen molar-refractivity contribution < 1.29 is 4.79 Å². The van der Waals surface area contributed by atoms with Crippen LogP contribution in [0.4, 0.5) is 0 Å². The lowest BCUT2D eigenvalue weighted by molar-refractivity contribution is -0.127. The number of hydrogen-bond donors (Lipinski definition) is 1. The molecule has 1 N–H and O–H groups in total. The lowest BCUT2D eigenvalue weighted by Crippen LogP contribution is -2.41. The van der Waals surface area contributed by atoms with E-state index in [0.717, 1.165) is 38.0 Å². The molecule has 0 spiro atoms. The fourth-order valence-corrected chi connectivity index (χ4v) is 2.45. The third-order valence-corrected chi connectivity index (χ3v) is 3.44. The number of hydrogen-bond acceptors (Lipinski definition) is 2. The Balaban J connectivity index is 2.00. The van der Waals surface area contributed by atoms with Crippen molar-refractivity contribution in [3.63, 3.8) is 0 Å². The van der Waals surface area contributed by atoms with Gasteiger partial charge in [0.05, 0.1) is 0 Å². The quantitative estimate of drug-likeness (QED) is 0.822. The van der Waals surface area contributed by atoms with Gasteiger partial charge in [0.2, 0.25) is 5.91 Å². The van der Waals surface area contributed by atoms with Crippen LogP contribution >= 0.6 is 0 Å². The van der Waals surface area contributed by atoms with Gasteiger partial charge in [0.25, 0.3) is 0 Å². The summed E-state index contributed by atoms with van der Waals surface area (Å²) in [5.74, 6) is 0.124. The lowest BCUT2D eigenvalue weighted by atomic mass is 10.2. The van der Waals surface area contributed by atoms with Gasteiger partial charge in [-0.2, -0.15) is 0 Å². The van der Waals surface area contributed by atoms with E-state index in [4.69, 9.17) is 0 Å². The van der Waals surface area contributed by atoms with E-state index in [9.17, 15) is 4.79 Å². The Bertz CT molecular complexity index is 422. The maximum Gasteiger partial charge on any atom is 0.246 e. The van der Waals surface area contributed by atoms with E-state index >= 15 is 0 Å². The summed E-state index contributed by atoms with van der Waals surface area (Å²) in [6.07, 6.45) is 5.66. The molecule has 0 bridgehead atoms. The number of carbonyl (C=O) groups excluding carboxylic acids is 1. The summed E-state index contributed by atoms with van der Waals surface area (Å²) in [6.45, 7) is 4.89. The first-order valence-corrected chi connectivity index (χ1v) is 7.05. The zero-order chi connectivity index (χ0) is 13.5. The molecule has 1 fully saturated rings. The first-order chi connectivity index (χ1) is 9.31. The van der Waals surface area contributed by atoms with Crippen LogP contribution in [0.15, 0.2) is 36.4 Å². The van der Waals surface area contributed by atoms with Gasteiger partial charge in [0, 0.05) is 25.2 Å². The Morgan fingerprint density at radius 1 is 1.42 bits per heavy atom. The van der Waals surface area contributed by atoms with Crippen molar-refractivity contribution in [2.75, 3.05) is 19.6 Å². The highest BCUT2D eigenvalue weighted by Crippen LogP contribution is 2.11. The summed E-state index contributed by atoms with van der Waals surface area (Å²) < 4.78 is 0. The van der Waals surface area contributed by atoms with E-state index in [1.54, 1.807) is 6.08 Å². The van der Waals surface area contributed by atoms with Gasteiger partial charge in [-0.05, 0) is 31.0 Å². The predicted molar refractivity (Wildman–Crippen MR) is 78.8 cm³/mol. The summed E-state index contributed by atoms with van der Waals surface area (Å²) >= 11 is 0. The van der Waals surface area contributed by atoms with Crippen molar-refractivity contribution in [3.8, 4) is 0 Å². The zero-order valence-corrected chi connectivity index (χ0v) is 11.5. The van der Waals surface area contributed by atoms with Crippen LogP contribution in [0, 0.1) is 0 Å². The first-order valence-electron chi connectivity index (χ1n) is 7.05. The van der Waals surface area contributed by atoms with Crippen molar-refractivity contribution in [2.45, 2.75) is 25.8 Å². The highest BCUT2D eigenvalue weighted by atomic mass is 16.2. The highest BCUT2D eigenvalue weighted by molar-refractivity contribution is 5.92. The second-order valence-electron chi connectivity index (χ2n) is 4.92. The summed E-state index contributed by atoms with van der Waals surface area (Å²) in [5, 5.41) is 3.32. The van der Waals surface area contributed by atoms with E-state index in [1.165, 1.54) is 0 Å². The number of amides is 1. The molecule has 1 unspecified atom stereocenters. The molecule has 0 aromatic heterocycles. The van der Waals surface area contributed by atoms with E-state index in [2.05, 4.69) is 12.2 Å². The Morgan fingerprint density at radius 2 is 2.21 bits per heavy atom. The normalized spacial score (nSPS) is 18.9. The zero-order valence-electron chi connectivity index (χ0n) is 11.5. The Kier molecular flexibility index (Phi) is 5.16. The number of carbonyl (C=O) groups is 1. The van der Waals surface area contributed by atoms with Gasteiger partial charge in [-0.15, -0.1) is 0 Å². The maximum atomic E-state index is 12.3. The molecule has 1 amide bonds. The third-order valence-electron chi connectivity index (χ3n) is 3.44. The van der Waals surface area contributed by atoms with Crippen LogP contribution < -0.4 is 5.32 Å². The van der Waals surface area contributed by atoms with Gasteiger partial charge >= 0.3 is 0 Å². The number of nitrogens with one attached hydrogen (secondary N) is 1. The van der Waals surface area contributed by atoms with Gasteiger partial charge in [0.15, 0.2) is 0 Å². The molecule has 3 heteroatoms. The van der Waals surface area contributed by atoms with Crippen LogP contribution in [0.25, 0.3) is 6.08 Å². The van der Waals surface area contributed by atoms with Gasteiger partial charge in [-0.25, -0.2) is 0 Å². The summed E-state index contributed by atoms with van der Waals surface area (Å²) in [6, 6.07) is 10.3. The molecule has 1 aromatic rings. The third kappa shape index (κ3) is 3.93. The van der Waals surface area contributed by atoms with Crippen molar-refractivity contribution in [2.24, 2.45) is 0 Å². The van der Waals surface area contributed by atoms with Crippen molar-refractivity contribution in [1.82, 2.24) is 10.2 Å². The fourth-order valence-electron chi connectivity index (χ4n) is 2.45. The largest absolute Gasteiger partial charge is 0.335 e. The monoisotopic (exact) mass is 258 g/mol. The molecule has 2 rings (SSSR count). The van der Waals surface area contributed by atoms with Gasteiger partial charge in [-0.3, -0.25) is 4.79 Å². The van der Waals surface area contributed by atoms with E-state index in [0.29, 0.717) is 6.04 Å². The Morgan fingerprint density at radius 3 is 2.84 bits per heavy atom. The predicted octanol–water partition coefficient (Wildman–Crippen LogP) is 2.30. The van der Waals surface area contributed by atoms with Crippen LogP contribution in [0.3, 0.4) is 0 Å². The van der Waals surface area contributed by atoms with Crippen LogP contribution in [-0.4, -0.2) is 36.5 Å². The summed E-state index contributed by atoms with van der Waals surface area (Å²) in [4.78, 5) is 14.3. The average molecular weight is 258 g/mol. The average Bonchev–Trinajstić information content (AvgIpc) is 2.97. The molecule has 0 saturated carbocycles. The first kappa shape index (κ1) is 13.8. The van der Waals surface area contributed by atoms with Crippen molar-refractivity contribution in [1.29, 1.82) is 0 Å². The van der Waals surface area contributed by atoms with Gasteiger partial charge in [0.1, 0.15) is 0 Å². The molecule has 3 nitrogen and oxygen atoms in total. The molecular formula is C16H22N2O. The Hall–Kier alpha value is -1.61. The van der Waals surface area contributed by atoms with Gasteiger partial charge < -0.3 is 10.2 Å². The standard InChI is InChI=1S/C16H22N2O/c1-2-12-18(15-10-11-17-13-15)16(19)9-8-14-6-4-3-5-7-14/h3-9,15,17H,2,10-13H2,1H3/b9-8+. The van der Waals surface area contributed by atoms with Crippen LogP contribution in [0.1, 0.15) is 25.3 Å².